The predicted molar refractivity (Wildman–Crippen MR) is 83.9 cm³/mol. The molecule has 0 spiro atoms. The van der Waals surface area contributed by atoms with Crippen LogP contribution in [0.2, 0.25) is 0 Å². The van der Waals surface area contributed by atoms with Crippen LogP contribution in [0.25, 0.3) is 0 Å². The van der Waals surface area contributed by atoms with Crippen LogP contribution in [-0.4, -0.2) is 61.1 Å². The summed E-state index contributed by atoms with van der Waals surface area (Å²) in [7, 11) is 0. The first-order chi connectivity index (χ1) is 10.6. The summed E-state index contributed by atoms with van der Waals surface area (Å²) in [6.07, 6.45) is 0. The minimum atomic E-state index is -0.0641. The van der Waals surface area contributed by atoms with E-state index in [1.165, 1.54) is 0 Å². The first-order valence-electron chi connectivity index (χ1n) is 7.60. The summed E-state index contributed by atoms with van der Waals surface area (Å²) in [4.78, 5) is 27.4. The fourth-order valence-electron chi connectivity index (χ4n) is 2.37. The third kappa shape index (κ3) is 4.13. The van der Waals surface area contributed by atoms with Gasteiger partial charge in [0.25, 0.3) is 5.91 Å². The van der Waals surface area contributed by atoms with Crippen LogP contribution in [0.1, 0.15) is 12.5 Å². The molecule has 2 rings (SSSR count). The van der Waals surface area contributed by atoms with E-state index >= 15 is 0 Å². The molecule has 1 fully saturated rings. The second-order valence-corrected chi connectivity index (χ2v) is 5.26. The number of nitrogens with zero attached hydrogens (tertiary/aromatic N) is 2. The zero-order valence-corrected chi connectivity index (χ0v) is 13.2. The van der Waals surface area contributed by atoms with Crippen molar-refractivity contribution in [1.29, 1.82) is 0 Å². The second kappa shape index (κ2) is 7.68. The van der Waals surface area contributed by atoms with Crippen molar-refractivity contribution in [3.63, 3.8) is 0 Å². The third-order valence-electron chi connectivity index (χ3n) is 3.69. The molecule has 1 aromatic carbocycles. The molecule has 1 aliphatic heterocycles. The van der Waals surface area contributed by atoms with Crippen LogP contribution in [0.5, 0.6) is 5.75 Å². The van der Waals surface area contributed by atoms with Gasteiger partial charge < -0.3 is 19.9 Å². The van der Waals surface area contributed by atoms with Gasteiger partial charge in [0, 0.05) is 32.7 Å². The van der Waals surface area contributed by atoms with Gasteiger partial charge in [-0.25, -0.2) is 4.79 Å². The summed E-state index contributed by atoms with van der Waals surface area (Å²) >= 11 is 0. The van der Waals surface area contributed by atoms with Crippen molar-refractivity contribution in [3.05, 3.63) is 29.8 Å². The highest BCUT2D eigenvalue weighted by Gasteiger charge is 2.23. The maximum atomic E-state index is 12.2. The lowest BCUT2D eigenvalue weighted by atomic mass is 10.2. The fourth-order valence-corrected chi connectivity index (χ4v) is 2.37. The van der Waals surface area contributed by atoms with Gasteiger partial charge in [-0.1, -0.05) is 18.2 Å². The molecule has 0 unspecified atom stereocenters. The smallest absolute Gasteiger partial charge is 0.317 e. The highest BCUT2D eigenvalue weighted by molar-refractivity contribution is 5.79. The van der Waals surface area contributed by atoms with Gasteiger partial charge in [-0.05, 0) is 25.5 Å². The maximum Gasteiger partial charge on any atom is 0.317 e. The van der Waals surface area contributed by atoms with Crippen molar-refractivity contribution in [1.82, 2.24) is 15.1 Å². The Balaban J connectivity index is 1.78. The molecular formula is C16H23N3O3. The number of hydrogen-bond donors (Lipinski definition) is 1. The number of benzene rings is 1. The van der Waals surface area contributed by atoms with E-state index < -0.39 is 0 Å². The summed E-state index contributed by atoms with van der Waals surface area (Å²) < 4.78 is 5.58. The van der Waals surface area contributed by atoms with Crippen LogP contribution in [0, 0.1) is 6.92 Å². The molecule has 1 aromatic rings. The molecule has 1 aliphatic rings. The average Bonchev–Trinajstić information content (AvgIpc) is 2.54. The van der Waals surface area contributed by atoms with Crippen LogP contribution in [0.4, 0.5) is 4.79 Å². The van der Waals surface area contributed by atoms with Gasteiger partial charge in [0.1, 0.15) is 5.75 Å². The van der Waals surface area contributed by atoms with Crippen LogP contribution >= 0.6 is 0 Å². The van der Waals surface area contributed by atoms with E-state index in [4.69, 9.17) is 4.74 Å². The number of amides is 3. The maximum absolute atomic E-state index is 12.2. The average molecular weight is 305 g/mol. The normalized spacial score (nSPS) is 14.6. The number of rotatable bonds is 4. The van der Waals surface area contributed by atoms with Gasteiger partial charge in [0.15, 0.2) is 6.61 Å². The van der Waals surface area contributed by atoms with Gasteiger partial charge in [-0.2, -0.15) is 0 Å². The second-order valence-electron chi connectivity index (χ2n) is 5.26. The van der Waals surface area contributed by atoms with E-state index in [9.17, 15) is 9.59 Å². The van der Waals surface area contributed by atoms with Crippen molar-refractivity contribution in [2.75, 3.05) is 39.3 Å². The van der Waals surface area contributed by atoms with Crippen LogP contribution < -0.4 is 10.1 Å². The number of carbonyl (C=O) groups excluding carboxylic acids is 2. The molecule has 0 atom stereocenters. The monoisotopic (exact) mass is 305 g/mol. The molecule has 6 nitrogen and oxygen atoms in total. The molecule has 1 heterocycles. The molecule has 0 bridgehead atoms. The zero-order chi connectivity index (χ0) is 15.9. The minimum absolute atomic E-state index is 0.0337. The van der Waals surface area contributed by atoms with E-state index in [1.54, 1.807) is 9.80 Å². The number of piperazine rings is 1. The Labute approximate surface area is 131 Å². The van der Waals surface area contributed by atoms with Crippen molar-refractivity contribution in [2.45, 2.75) is 13.8 Å². The van der Waals surface area contributed by atoms with Crippen molar-refractivity contribution in [2.24, 2.45) is 0 Å². The first-order valence-corrected chi connectivity index (χ1v) is 7.60. The molecular weight excluding hydrogens is 282 g/mol. The number of para-hydroxylation sites is 1. The number of aryl methyl sites for hydroxylation is 1. The molecule has 6 heteroatoms. The molecule has 22 heavy (non-hydrogen) atoms. The van der Waals surface area contributed by atoms with E-state index in [0.717, 1.165) is 11.3 Å². The van der Waals surface area contributed by atoms with Gasteiger partial charge in [0.05, 0.1) is 0 Å². The van der Waals surface area contributed by atoms with Crippen LogP contribution in [-0.2, 0) is 4.79 Å². The Morgan fingerprint density at radius 3 is 2.41 bits per heavy atom. The third-order valence-corrected chi connectivity index (χ3v) is 3.69. The lowest BCUT2D eigenvalue weighted by Crippen LogP contribution is -2.53. The first kappa shape index (κ1) is 16.1. The number of urea groups is 1. The minimum Gasteiger partial charge on any atom is -0.484 e. The van der Waals surface area contributed by atoms with E-state index in [2.05, 4.69) is 5.32 Å². The van der Waals surface area contributed by atoms with Gasteiger partial charge in [0.2, 0.25) is 0 Å². The highest BCUT2D eigenvalue weighted by Crippen LogP contribution is 2.16. The SMILES string of the molecule is CCNC(=O)N1CCN(C(=O)COc2ccccc2C)CC1. The summed E-state index contributed by atoms with van der Waals surface area (Å²) in [6.45, 7) is 6.70. The summed E-state index contributed by atoms with van der Waals surface area (Å²) in [5.41, 5.74) is 1.01. The van der Waals surface area contributed by atoms with Crippen LogP contribution in [0.15, 0.2) is 24.3 Å². The quantitative estimate of drug-likeness (QED) is 0.910. The summed E-state index contributed by atoms with van der Waals surface area (Å²) in [5, 5.41) is 2.77. The lowest BCUT2D eigenvalue weighted by Gasteiger charge is -2.34. The summed E-state index contributed by atoms with van der Waals surface area (Å²) in [5.74, 6) is 0.690. The lowest BCUT2D eigenvalue weighted by molar-refractivity contribution is -0.134. The Bertz CT molecular complexity index is 525. The van der Waals surface area contributed by atoms with Gasteiger partial charge in [-0.15, -0.1) is 0 Å². The number of carbonyl (C=O) groups is 2. The fraction of sp³-hybridized carbons (Fsp3) is 0.500. The topological polar surface area (TPSA) is 61.9 Å². The zero-order valence-electron chi connectivity index (χ0n) is 13.2. The molecule has 120 valence electrons. The Morgan fingerprint density at radius 2 is 1.77 bits per heavy atom. The standard InChI is InChI=1S/C16H23N3O3/c1-3-17-16(21)19-10-8-18(9-11-19)15(20)12-22-14-7-5-4-6-13(14)2/h4-7H,3,8-12H2,1-2H3,(H,17,21). The summed E-state index contributed by atoms with van der Waals surface area (Å²) in [6, 6.07) is 7.56. The van der Waals surface area contributed by atoms with Crippen molar-refractivity contribution >= 4 is 11.9 Å². The molecule has 0 aliphatic carbocycles. The van der Waals surface area contributed by atoms with E-state index in [0.29, 0.717) is 32.7 Å². The Morgan fingerprint density at radius 1 is 1.14 bits per heavy atom. The molecule has 1 N–H and O–H groups in total. The van der Waals surface area contributed by atoms with Gasteiger partial charge >= 0.3 is 6.03 Å². The Hall–Kier alpha value is -2.24. The number of nitrogens with one attached hydrogen (secondary N) is 1. The van der Waals surface area contributed by atoms with Crippen LogP contribution in [0.3, 0.4) is 0 Å². The number of ether oxygens (including phenoxy) is 1. The molecule has 3 amide bonds. The largest absolute Gasteiger partial charge is 0.484 e. The molecule has 1 saturated heterocycles. The van der Waals surface area contributed by atoms with E-state index in [-0.39, 0.29) is 18.5 Å². The Kier molecular flexibility index (Phi) is 5.63. The molecule has 0 aromatic heterocycles. The molecule has 0 radical (unpaired) electrons. The highest BCUT2D eigenvalue weighted by atomic mass is 16.5. The van der Waals surface area contributed by atoms with Gasteiger partial charge in [-0.3, -0.25) is 4.79 Å². The predicted octanol–water partition coefficient (Wildman–Crippen LogP) is 1.25. The van der Waals surface area contributed by atoms with Crippen molar-refractivity contribution in [3.8, 4) is 5.75 Å². The number of hydrogen-bond acceptors (Lipinski definition) is 3. The molecule has 0 saturated carbocycles. The van der Waals surface area contributed by atoms with Crippen molar-refractivity contribution < 1.29 is 14.3 Å². The van der Waals surface area contributed by atoms with E-state index in [1.807, 2.05) is 38.1 Å².